The van der Waals surface area contributed by atoms with Crippen molar-refractivity contribution in [3.8, 4) is 0 Å². The topological polar surface area (TPSA) is 58.4 Å². The molecule has 0 saturated heterocycles. The Morgan fingerprint density at radius 2 is 1.88 bits per heavy atom. The summed E-state index contributed by atoms with van der Waals surface area (Å²) >= 11 is 0. The molecule has 1 aliphatic rings. The van der Waals surface area contributed by atoms with E-state index in [1.165, 1.54) is 12.8 Å². The molecular formula is C12H25N3O. The zero-order valence-corrected chi connectivity index (χ0v) is 11.0. The van der Waals surface area contributed by atoms with Crippen molar-refractivity contribution in [1.29, 1.82) is 0 Å². The highest BCUT2D eigenvalue weighted by atomic mass is 16.2. The molecule has 0 unspecified atom stereocenters. The Kier molecular flexibility index (Phi) is 3.84. The molecule has 3 N–H and O–H groups in total. The molecule has 94 valence electrons. The number of hydrogen-bond acceptors (Lipinski definition) is 2. The van der Waals surface area contributed by atoms with E-state index >= 15 is 0 Å². The van der Waals surface area contributed by atoms with Gasteiger partial charge in [0.05, 0.1) is 5.54 Å². The molecule has 0 aromatic heterocycles. The molecular weight excluding hydrogens is 202 g/mol. The Morgan fingerprint density at radius 3 is 2.25 bits per heavy atom. The number of carbonyl (C=O) groups is 1. The van der Waals surface area contributed by atoms with Gasteiger partial charge in [-0.25, -0.2) is 4.79 Å². The minimum Gasteiger partial charge on any atom is -0.333 e. The monoisotopic (exact) mass is 227 g/mol. The van der Waals surface area contributed by atoms with Crippen LogP contribution in [-0.4, -0.2) is 35.6 Å². The molecule has 0 atom stereocenters. The van der Waals surface area contributed by atoms with Crippen molar-refractivity contribution in [2.45, 2.75) is 57.5 Å². The molecule has 0 bridgehead atoms. The quantitative estimate of drug-likeness (QED) is 0.754. The second kappa shape index (κ2) is 4.62. The third kappa shape index (κ3) is 2.88. The summed E-state index contributed by atoms with van der Waals surface area (Å²) in [4.78, 5) is 13.9. The van der Waals surface area contributed by atoms with Gasteiger partial charge in [0.1, 0.15) is 0 Å². The maximum Gasteiger partial charge on any atom is 0.318 e. The van der Waals surface area contributed by atoms with E-state index in [1.807, 2.05) is 32.7 Å². The molecule has 1 aliphatic carbocycles. The summed E-state index contributed by atoms with van der Waals surface area (Å²) in [6.45, 7) is 6.52. The van der Waals surface area contributed by atoms with Gasteiger partial charge in [-0.1, -0.05) is 12.8 Å². The minimum atomic E-state index is -0.195. The molecule has 0 spiro atoms. The van der Waals surface area contributed by atoms with Crippen molar-refractivity contribution < 1.29 is 4.79 Å². The van der Waals surface area contributed by atoms with Crippen LogP contribution in [0.1, 0.15) is 46.5 Å². The van der Waals surface area contributed by atoms with Crippen LogP contribution in [0, 0.1) is 0 Å². The maximum absolute atomic E-state index is 12.1. The molecule has 0 aromatic rings. The van der Waals surface area contributed by atoms with Crippen molar-refractivity contribution in [1.82, 2.24) is 10.2 Å². The van der Waals surface area contributed by atoms with E-state index < -0.39 is 0 Å². The number of nitrogens with zero attached hydrogens (tertiary/aromatic N) is 1. The van der Waals surface area contributed by atoms with E-state index in [0.717, 1.165) is 12.8 Å². The first kappa shape index (κ1) is 13.3. The highest BCUT2D eigenvalue weighted by Gasteiger charge is 2.39. The number of hydrogen-bond donors (Lipinski definition) is 2. The summed E-state index contributed by atoms with van der Waals surface area (Å²) in [6.07, 6.45) is 4.39. The second-order valence-corrected chi connectivity index (χ2v) is 5.87. The van der Waals surface area contributed by atoms with Gasteiger partial charge < -0.3 is 16.0 Å². The third-order valence-corrected chi connectivity index (χ3v) is 3.41. The Labute approximate surface area is 98.6 Å². The van der Waals surface area contributed by atoms with Crippen LogP contribution in [0.2, 0.25) is 0 Å². The van der Waals surface area contributed by atoms with E-state index in [-0.39, 0.29) is 17.1 Å². The fourth-order valence-electron chi connectivity index (χ4n) is 2.33. The Bertz CT molecular complexity index is 251. The summed E-state index contributed by atoms with van der Waals surface area (Å²) < 4.78 is 0. The van der Waals surface area contributed by atoms with Gasteiger partial charge in [0.2, 0.25) is 0 Å². The van der Waals surface area contributed by atoms with E-state index in [0.29, 0.717) is 6.54 Å². The van der Waals surface area contributed by atoms with Crippen LogP contribution in [0.3, 0.4) is 0 Å². The maximum atomic E-state index is 12.1. The Morgan fingerprint density at radius 1 is 1.38 bits per heavy atom. The number of likely N-dealkylation sites (N-methyl/N-ethyl adjacent to an activating group) is 1. The molecule has 0 aromatic carbocycles. The van der Waals surface area contributed by atoms with Gasteiger partial charge in [-0.15, -0.1) is 0 Å². The smallest absolute Gasteiger partial charge is 0.318 e. The lowest BCUT2D eigenvalue weighted by molar-refractivity contribution is 0.135. The molecule has 0 radical (unpaired) electrons. The largest absolute Gasteiger partial charge is 0.333 e. The zero-order valence-electron chi connectivity index (χ0n) is 11.0. The first-order valence-corrected chi connectivity index (χ1v) is 6.07. The molecule has 2 amide bonds. The number of carbonyl (C=O) groups excluding carboxylic acids is 1. The summed E-state index contributed by atoms with van der Waals surface area (Å²) in [5.74, 6) is 0. The molecule has 0 aliphatic heterocycles. The zero-order chi connectivity index (χ0) is 12.4. The number of urea groups is 1. The average Bonchev–Trinajstić information content (AvgIpc) is 2.63. The lowest BCUT2D eigenvalue weighted by Gasteiger charge is -2.39. The normalized spacial score (nSPS) is 19.6. The molecule has 16 heavy (non-hydrogen) atoms. The minimum absolute atomic E-state index is 0.0140. The van der Waals surface area contributed by atoms with Gasteiger partial charge in [0.15, 0.2) is 0 Å². The number of rotatable bonds is 2. The Balaban J connectivity index is 2.68. The van der Waals surface area contributed by atoms with Crippen LogP contribution in [0.5, 0.6) is 0 Å². The SMILES string of the molecule is CN(C(=O)NC(C)(C)C)C1(CN)CCCC1. The molecule has 4 nitrogen and oxygen atoms in total. The lowest BCUT2D eigenvalue weighted by Crippen LogP contribution is -2.58. The fraction of sp³-hybridized carbons (Fsp3) is 0.917. The first-order valence-electron chi connectivity index (χ1n) is 6.07. The van der Waals surface area contributed by atoms with E-state index in [1.54, 1.807) is 0 Å². The number of nitrogens with two attached hydrogens (primary N) is 1. The van der Waals surface area contributed by atoms with Crippen LogP contribution in [-0.2, 0) is 0 Å². The van der Waals surface area contributed by atoms with E-state index in [9.17, 15) is 4.79 Å². The van der Waals surface area contributed by atoms with Gasteiger partial charge in [0, 0.05) is 19.1 Å². The summed E-state index contributed by atoms with van der Waals surface area (Å²) in [5, 5.41) is 2.99. The van der Waals surface area contributed by atoms with Crippen molar-refractivity contribution in [3.05, 3.63) is 0 Å². The Hall–Kier alpha value is -0.770. The average molecular weight is 227 g/mol. The second-order valence-electron chi connectivity index (χ2n) is 5.87. The van der Waals surface area contributed by atoms with Gasteiger partial charge in [0.25, 0.3) is 0 Å². The standard InChI is InChI=1S/C12H25N3O/c1-11(2,3)14-10(16)15(4)12(9-13)7-5-6-8-12/h5-9,13H2,1-4H3,(H,14,16). The van der Waals surface area contributed by atoms with Crippen molar-refractivity contribution in [2.24, 2.45) is 5.73 Å². The molecule has 4 heteroatoms. The molecule has 1 rings (SSSR count). The summed E-state index contributed by atoms with van der Waals surface area (Å²) in [6, 6.07) is -0.0140. The predicted octanol–water partition coefficient (Wildman–Crippen LogP) is 1.70. The highest BCUT2D eigenvalue weighted by Crippen LogP contribution is 2.33. The van der Waals surface area contributed by atoms with E-state index in [4.69, 9.17) is 5.73 Å². The van der Waals surface area contributed by atoms with Crippen molar-refractivity contribution in [2.75, 3.05) is 13.6 Å². The molecule has 1 saturated carbocycles. The van der Waals surface area contributed by atoms with E-state index in [2.05, 4.69) is 5.32 Å². The number of nitrogens with one attached hydrogen (secondary N) is 1. The van der Waals surface area contributed by atoms with Crippen molar-refractivity contribution in [3.63, 3.8) is 0 Å². The van der Waals surface area contributed by atoms with Crippen molar-refractivity contribution >= 4 is 6.03 Å². The first-order chi connectivity index (χ1) is 7.31. The van der Waals surface area contributed by atoms with Crippen LogP contribution in [0.4, 0.5) is 4.79 Å². The highest BCUT2D eigenvalue weighted by molar-refractivity contribution is 5.75. The van der Waals surface area contributed by atoms with Crippen LogP contribution in [0.25, 0.3) is 0 Å². The summed E-state index contributed by atoms with van der Waals surface area (Å²) in [7, 11) is 1.86. The summed E-state index contributed by atoms with van der Waals surface area (Å²) in [5.41, 5.74) is 5.54. The molecule has 1 fully saturated rings. The fourth-order valence-corrected chi connectivity index (χ4v) is 2.33. The predicted molar refractivity (Wildman–Crippen MR) is 66.3 cm³/mol. The molecule has 0 heterocycles. The van der Waals surface area contributed by atoms with Gasteiger partial charge in [-0.05, 0) is 33.6 Å². The van der Waals surface area contributed by atoms with Gasteiger partial charge in [-0.3, -0.25) is 0 Å². The number of amides is 2. The van der Waals surface area contributed by atoms with Crippen LogP contribution >= 0.6 is 0 Å². The lowest BCUT2D eigenvalue weighted by atomic mass is 9.96. The van der Waals surface area contributed by atoms with Gasteiger partial charge >= 0.3 is 6.03 Å². The van der Waals surface area contributed by atoms with Crippen LogP contribution < -0.4 is 11.1 Å². The third-order valence-electron chi connectivity index (χ3n) is 3.41. The van der Waals surface area contributed by atoms with Crippen LogP contribution in [0.15, 0.2) is 0 Å². The van der Waals surface area contributed by atoms with Gasteiger partial charge in [-0.2, -0.15) is 0 Å².